The second kappa shape index (κ2) is 7.65. The molecule has 4 bridgehead atoms. The highest BCUT2D eigenvalue weighted by Crippen LogP contribution is 2.60. The molecule has 1 heterocycles. The number of piperidine rings is 1. The lowest BCUT2D eigenvalue weighted by Crippen LogP contribution is -2.48. The molecule has 2 atom stereocenters. The zero-order valence-electron chi connectivity index (χ0n) is 17.5. The molecule has 154 valence electrons. The Balaban J connectivity index is 1.16. The maximum Gasteiger partial charge on any atom is 0.119 e. The summed E-state index contributed by atoms with van der Waals surface area (Å²) in [5.74, 6) is 4.60. The molecule has 0 radical (unpaired) electrons. The highest BCUT2D eigenvalue weighted by molar-refractivity contribution is 5.34. The monoisotopic (exact) mass is 383 g/mol. The van der Waals surface area contributed by atoms with E-state index in [-0.39, 0.29) is 0 Å². The second-order valence-electron chi connectivity index (χ2n) is 10.7. The van der Waals surface area contributed by atoms with Crippen LogP contribution in [0.3, 0.4) is 0 Å². The number of nitrogens with zero attached hydrogens (tertiary/aromatic N) is 1. The predicted molar refractivity (Wildman–Crippen MR) is 113 cm³/mol. The highest BCUT2D eigenvalue weighted by atomic mass is 16.5. The molecule has 1 aromatic carbocycles. The van der Waals surface area contributed by atoms with Gasteiger partial charge in [-0.05, 0) is 105 Å². The summed E-state index contributed by atoms with van der Waals surface area (Å²) in [6, 6.07) is 8.93. The van der Waals surface area contributed by atoms with Crippen LogP contribution in [0.4, 0.5) is 0 Å². The second-order valence-corrected chi connectivity index (χ2v) is 10.7. The van der Waals surface area contributed by atoms with Gasteiger partial charge in [-0.25, -0.2) is 0 Å². The fraction of sp³-hybridized carbons (Fsp3) is 0.760. The summed E-state index contributed by atoms with van der Waals surface area (Å²) in [6.45, 7) is 5.65. The number of aliphatic hydroxyl groups is 1. The molecule has 28 heavy (non-hydrogen) atoms. The van der Waals surface area contributed by atoms with Gasteiger partial charge in [-0.3, -0.25) is 0 Å². The summed E-state index contributed by atoms with van der Waals surface area (Å²) in [6.07, 6.45) is 10.9. The lowest BCUT2D eigenvalue weighted by Gasteiger charge is -2.57. The van der Waals surface area contributed by atoms with Crippen molar-refractivity contribution in [3.05, 3.63) is 29.8 Å². The van der Waals surface area contributed by atoms with Crippen molar-refractivity contribution in [3.63, 3.8) is 0 Å². The molecule has 0 spiro atoms. The zero-order valence-corrected chi connectivity index (χ0v) is 17.5. The van der Waals surface area contributed by atoms with Crippen LogP contribution in [-0.4, -0.2) is 42.4 Å². The van der Waals surface area contributed by atoms with Crippen molar-refractivity contribution in [2.75, 3.05) is 26.2 Å². The third kappa shape index (κ3) is 3.85. The summed E-state index contributed by atoms with van der Waals surface area (Å²) in [7, 11) is 0. The first kappa shape index (κ1) is 18.9. The van der Waals surface area contributed by atoms with Gasteiger partial charge < -0.3 is 14.7 Å². The van der Waals surface area contributed by atoms with Crippen LogP contribution >= 0.6 is 0 Å². The predicted octanol–water partition coefficient (Wildman–Crippen LogP) is 4.63. The van der Waals surface area contributed by atoms with Crippen LogP contribution in [0.5, 0.6) is 5.75 Å². The molecule has 3 heteroatoms. The van der Waals surface area contributed by atoms with Gasteiger partial charge in [-0.1, -0.05) is 19.1 Å². The molecule has 4 aliphatic carbocycles. The number of hydrogen-bond donors (Lipinski definition) is 1. The largest absolute Gasteiger partial charge is 0.491 e. The van der Waals surface area contributed by atoms with Crippen LogP contribution in [0.2, 0.25) is 0 Å². The van der Waals surface area contributed by atoms with Crippen LogP contribution in [0, 0.1) is 23.7 Å². The van der Waals surface area contributed by atoms with E-state index in [1.54, 1.807) is 5.56 Å². The van der Waals surface area contributed by atoms with E-state index in [4.69, 9.17) is 4.74 Å². The Morgan fingerprint density at radius 2 is 1.71 bits per heavy atom. The van der Waals surface area contributed by atoms with E-state index in [0.29, 0.717) is 12.0 Å². The smallest absolute Gasteiger partial charge is 0.119 e. The third-order valence-electron chi connectivity index (χ3n) is 8.16. The molecule has 3 nitrogen and oxygen atoms in total. The van der Waals surface area contributed by atoms with Gasteiger partial charge >= 0.3 is 0 Å². The van der Waals surface area contributed by atoms with Gasteiger partial charge in [-0.2, -0.15) is 0 Å². The Kier molecular flexibility index (Phi) is 5.17. The molecular formula is C25H37NO2. The van der Waals surface area contributed by atoms with Gasteiger partial charge in [0.2, 0.25) is 0 Å². The lowest BCUT2D eigenvalue weighted by molar-refractivity contribution is -0.00522. The fourth-order valence-corrected chi connectivity index (χ4v) is 7.36. The molecule has 1 aliphatic heterocycles. The van der Waals surface area contributed by atoms with Crippen LogP contribution in [0.15, 0.2) is 24.3 Å². The Morgan fingerprint density at radius 1 is 1.07 bits per heavy atom. The molecule has 5 aliphatic rings. The standard InChI is InChI=1S/C25H37NO2/c1-18-3-2-8-26(15-18)16-23(27)17-28-24-6-4-22(5-7-24)25-12-19-9-20(13-25)11-21(10-19)14-25/h4-7,18-21,23,27H,2-3,8-17H2,1H3/t18-,19?,20?,21?,23+,25?/m0/s1. The molecule has 0 aromatic heterocycles. The van der Waals surface area contributed by atoms with Crippen molar-refractivity contribution in [1.82, 2.24) is 4.90 Å². The number of hydrogen-bond acceptors (Lipinski definition) is 3. The summed E-state index contributed by atoms with van der Waals surface area (Å²) in [5, 5.41) is 10.4. The minimum absolute atomic E-state index is 0.390. The molecular weight excluding hydrogens is 346 g/mol. The molecule has 1 N–H and O–H groups in total. The van der Waals surface area contributed by atoms with E-state index in [0.717, 1.165) is 49.1 Å². The van der Waals surface area contributed by atoms with Crippen molar-refractivity contribution < 1.29 is 9.84 Å². The summed E-state index contributed by atoms with van der Waals surface area (Å²) in [5.41, 5.74) is 2.00. The van der Waals surface area contributed by atoms with E-state index in [1.807, 2.05) is 0 Å². The normalized spacial score (nSPS) is 38.5. The summed E-state index contributed by atoms with van der Waals surface area (Å²) in [4.78, 5) is 2.39. The number of rotatable bonds is 6. The van der Waals surface area contributed by atoms with Crippen molar-refractivity contribution in [2.24, 2.45) is 23.7 Å². The van der Waals surface area contributed by atoms with Crippen LogP contribution in [0.25, 0.3) is 0 Å². The van der Waals surface area contributed by atoms with E-state index in [1.165, 1.54) is 51.4 Å². The minimum atomic E-state index is -0.409. The SMILES string of the molecule is C[C@H]1CCCN(C[C@@H](O)COc2ccc(C34CC5CC(CC(C5)C3)C4)cc2)C1. The zero-order chi connectivity index (χ0) is 19.1. The molecule has 6 rings (SSSR count). The molecule has 5 fully saturated rings. The van der Waals surface area contributed by atoms with Crippen molar-refractivity contribution in [1.29, 1.82) is 0 Å². The van der Waals surface area contributed by atoms with E-state index in [2.05, 4.69) is 36.1 Å². The van der Waals surface area contributed by atoms with E-state index < -0.39 is 6.10 Å². The number of ether oxygens (including phenoxy) is 1. The van der Waals surface area contributed by atoms with Gasteiger partial charge in [-0.15, -0.1) is 0 Å². The molecule has 1 aromatic rings. The van der Waals surface area contributed by atoms with Crippen LogP contribution in [0.1, 0.15) is 63.9 Å². The summed E-state index contributed by atoms with van der Waals surface area (Å²) < 4.78 is 5.93. The topological polar surface area (TPSA) is 32.7 Å². The van der Waals surface area contributed by atoms with Crippen LogP contribution in [-0.2, 0) is 5.41 Å². The van der Waals surface area contributed by atoms with Gasteiger partial charge in [0.05, 0.1) is 0 Å². The number of β-amino-alcohol motifs (C(OH)–C–C–N with tert-alkyl or cyclic N) is 1. The van der Waals surface area contributed by atoms with Gasteiger partial charge in [0.15, 0.2) is 0 Å². The maximum atomic E-state index is 10.4. The van der Waals surface area contributed by atoms with Gasteiger partial charge in [0.25, 0.3) is 0 Å². The Hall–Kier alpha value is -1.06. The molecule has 0 unspecified atom stereocenters. The highest BCUT2D eigenvalue weighted by Gasteiger charge is 2.51. The quantitative estimate of drug-likeness (QED) is 0.778. The lowest BCUT2D eigenvalue weighted by atomic mass is 9.48. The number of benzene rings is 1. The molecule has 1 saturated heterocycles. The van der Waals surface area contributed by atoms with Crippen molar-refractivity contribution >= 4 is 0 Å². The van der Waals surface area contributed by atoms with Crippen molar-refractivity contribution in [3.8, 4) is 5.75 Å². The Morgan fingerprint density at radius 3 is 2.32 bits per heavy atom. The molecule has 4 saturated carbocycles. The summed E-state index contributed by atoms with van der Waals surface area (Å²) >= 11 is 0. The van der Waals surface area contributed by atoms with E-state index >= 15 is 0 Å². The minimum Gasteiger partial charge on any atom is -0.491 e. The maximum absolute atomic E-state index is 10.4. The Labute approximate surface area is 170 Å². The van der Waals surface area contributed by atoms with Gasteiger partial charge in [0.1, 0.15) is 18.5 Å². The van der Waals surface area contributed by atoms with Crippen LogP contribution < -0.4 is 4.74 Å². The number of likely N-dealkylation sites (tertiary alicyclic amines) is 1. The van der Waals surface area contributed by atoms with Gasteiger partial charge in [0, 0.05) is 13.1 Å². The van der Waals surface area contributed by atoms with Crippen molar-refractivity contribution in [2.45, 2.75) is 69.8 Å². The molecule has 0 amide bonds. The average molecular weight is 384 g/mol. The van der Waals surface area contributed by atoms with E-state index in [9.17, 15) is 5.11 Å². The fourth-order valence-electron chi connectivity index (χ4n) is 7.36. The number of aliphatic hydroxyl groups excluding tert-OH is 1. The Bertz CT molecular complexity index is 634. The third-order valence-corrected chi connectivity index (χ3v) is 8.16. The first-order chi connectivity index (χ1) is 13.6. The first-order valence-corrected chi connectivity index (χ1v) is 11.7. The first-order valence-electron chi connectivity index (χ1n) is 11.7. The average Bonchev–Trinajstić information content (AvgIpc) is 2.66.